The Balaban J connectivity index is 1.70. The Morgan fingerprint density at radius 1 is 1.12 bits per heavy atom. The van der Waals surface area contributed by atoms with Gasteiger partial charge in [0.2, 0.25) is 0 Å². The fourth-order valence-corrected chi connectivity index (χ4v) is 3.86. The summed E-state index contributed by atoms with van der Waals surface area (Å²) in [5, 5.41) is 0. The summed E-state index contributed by atoms with van der Waals surface area (Å²) in [4.78, 5) is 53.7. The van der Waals surface area contributed by atoms with Crippen LogP contribution in [-0.2, 0) is 38.2 Å². The van der Waals surface area contributed by atoms with E-state index in [1.165, 1.54) is 27.1 Å². The Morgan fingerprint density at radius 2 is 1.82 bits per heavy atom. The molecule has 2 aromatic rings. The van der Waals surface area contributed by atoms with Gasteiger partial charge in [-0.15, -0.1) is 0 Å². The van der Waals surface area contributed by atoms with Gasteiger partial charge in [0, 0.05) is 43.4 Å². The molecular formula is C19H22IN5O8. The molecule has 14 heteroatoms. The second kappa shape index (κ2) is 9.72. The molecule has 2 aromatic heterocycles. The van der Waals surface area contributed by atoms with Crippen LogP contribution in [0, 0.1) is 3.83 Å². The second-order valence-corrected chi connectivity index (χ2v) is 8.57. The molecule has 1 saturated carbocycles. The van der Waals surface area contributed by atoms with E-state index < -0.39 is 42.4 Å². The normalized spacial score (nSPS) is 24.5. The van der Waals surface area contributed by atoms with Crippen LogP contribution in [0.1, 0.15) is 39.8 Å². The molecule has 13 nitrogen and oxygen atoms in total. The van der Waals surface area contributed by atoms with E-state index in [0.717, 1.165) is 12.8 Å². The Morgan fingerprint density at radius 3 is 2.45 bits per heavy atom. The van der Waals surface area contributed by atoms with Crippen LogP contribution in [-0.4, -0.2) is 68.4 Å². The third-order valence-corrected chi connectivity index (χ3v) is 5.34. The van der Waals surface area contributed by atoms with Crippen LogP contribution in [0.4, 0.5) is 5.82 Å². The molecule has 0 aromatic carbocycles. The highest BCUT2D eigenvalue weighted by Crippen LogP contribution is 2.36. The monoisotopic (exact) mass is 575 g/mol. The zero-order chi connectivity index (χ0) is 23.7. The van der Waals surface area contributed by atoms with Crippen molar-refractivity contribution < 1.29 is 38.2 Å². The topological polar surface area (TPSA) is 153 Å². The van der Waals surface area contributed by atoms with Gasteiger partial charge in [-0.1, -0.05) is 0 Å². The highest BCUT2D eigenvalue weighted by Gasteiger charge is 2.51. The number of rotatable bonds is 8. The minimum atomic E-state index is -1.05. The van der Waals surface area contributed by atoms with Crippen molar-refractivity contribution in [1.29, 1.82) is 0 Å². The van der Waals surface area contributed by atoms with E-state index >= 15 is 0 Å². The number of carbonyl (C=O) groups is 3. The largest absolute Gasteiger partial charge is 0.463 e. The first-order valence-electron chi connectivity index (χ1n) is 10.2. The average Bonchev–Trinajstić information content (AvgIpc) is 3.39. The Kier molecular flexibility index (Phi) is 6.94. The number of hydrogen-bond donors (Lipinski definition) is 1. The molecule has 33 heavy (non-hydrogen) atoms. The average molecular weight is 575 g/mol. The molecular weight excluding hydrogens is 553 g/mol. The van der Waals surface area contributed by atoms with Crippen LogP contribution in [0.2, 0.25) is 0 Å². The van der Waals surface area contributed by atoms with Crippen LogP contribution < -0.4 is 5.48 Å². The van der Waals surface area contributed by atoms with Gasteiger partial charge in [0.15, 0.2) is 39.2 Å². The predicted molar refractivity (Wildman–Crippen MR) is 117 cm³/mol. The van der Waals surface area contributed by atoms with Gasteiger partial charge in [0.25, 0.3) is 0 Å². The van der Waals surface area contributed by atoms with Gasteiger partial charge in [-0.3, -0.25) is 23.8 Å². The number of hydrogen-bond acceptors (Lipinski definition) is 12. The molecule has 4 rings (SSSR count). The molecule has 4 atom stereocenters. The number of ether oxygens (including phenoxy) is 4. The lowest BCUT2D eigenvalue weighted by atomic mass is 10.1. The Hall–Kier alpha value is -2.59. The molecule has 1 N–H and O–H groups in total. The molecule has 0 spiro atoms. The van der Waals surface area contributed by atoms with E-state index in [-0.39, 0.29) is 12.7 Å². The number of aromatic nitrogens is 4. The smallest absolute Gasteiger partial charge is 0.303 e. The summed E-state index contributed by atoms with van der Waals surface area (Å²) < 4.78 is 24.0. The Labute approximate surface area is 201 Å². The van der Waals surface area contributed by atoms with E-state index in [0.29, 0.717) is 20.8 Å². The molecule has 0 unspecified atom stereocenters. The number of esters is 3. The molecule has 2 aliphatic rings. The lowest BCUT2D eigenvalue weighted by Gasteiger charge is -2.23. The van der Waals surface area contributed by atoms with Crippen molar-refractivity contribution in [1.82, 2.24) is 19.5 Å². The van der Waals surface area contributed by atoms with E-state index in [2.05, 4.69) is 20.4 Å². The van der Waals surface area contributed by atoms with Gasteiger partial charge < -0.3 is 18.9 Å². The van der Waals surface area contributed by atoms with Crippen LogP contribution in [0.3, 0.4) is 0 Å². The van der Waals surface area contributed by atoms with Crippen LogP contribution in [0.15, 0.2) is 6.33 Å². The minimum absolute atomic E-state index is 0.132. The molecule has 0 amide bonds. The van der Waals surface area contributed by atoms with Gasteiger partial charge in [-0.05, 0) is 12.8 Å². The molecule has 1 saturated heterocycles. The molecule has 1 aliphatic carbocycles. The van der Waals surface area contributed by atoms with E-state index in [1.807, 2.05) is 22.6 Å². The van der Waals surface area contributed by atoms with Gasteiger partial charge in [0.1, 0.15) is 12.7 Å². The van der Waals surface area contributed by atoms with E-state index in [9.17, 15) is 14.4 Å². The van der Waals surface area contributed by atoms with Crippen LogP contribution >= 0.6 is 22.6 Å². The molecule has 3 heterocycles. The predicted octanol–water partition coefficient (Wildman–Crippen LogP) is 1.26. The summed E-state index contributed by atoms with van der Waals surface area (Å²) in [5.74, 6) is -1.36. The first-order valence-corrected chi connectivity index (χ1v) is 11.3. The summed E-state index contributed by atoms with van der Waals surface area (Å²) in [5.41, 5.74) is 3.62. The van der Waals surface area contributed by atoms with Crippen LogP contribution in [0.25, 0.3) is 11.2 Å². The van der Waals surface area contributed by atoms with Crippen molar-refractivity contribution in [3.05, 3.63) is 10.2 Å². The number of fused-ring (bicyclic) bond motifs is 1. The molecule has 1 aliphatic heterocycles. The SMILES string of the molecule is CC(=O)OC[C@H]1O[C@@H](n2cnc3c(NOC4CC4)nc(I)nc32)[C@H](OC(C)=O)[C@@H]1OC(C)=O. The second-order valence-electron chi connectivity index (χ2n) is 7.60. The lowest BCUT2D eigenvalue weighted by Crippen LogP contribution is -2.40. The molecule has 178 valence electrons. The summed E-state index contributed by atoms with van der Waals surface area (Å²) in [6.07, 6.45) is -0.401. The number of imidazole rings is 1. The zero-order valence-corrected chi connectivity index (χ0v) is 20.2. The maximum absolute atomic E-state index is 11.9. The third-order valence-electron chi connectivity index (χ3n) is 4.86. The Bertz CT molecular complexity index is 1070. The maximum Gasteiger partial charge on any atom is 0.303 e. The van der Waals surface area contributed by atoms with Crippen molar-refractivity contribution >= 4 is 57.5 Å². The first kappa shape index (κ1) is 23.6. The fraction of sp³-hybridized carbons (Fsp3) is 0.579. The highest BCUT2D eigenvalue weighted by atomic mass is 127. The molecule has 2 fully saturated rings. The van der Waals surface area contributed by atoms with Crippen LogP contribution in [0.5, 0.6) is 0 Å². The summed E-state index contributed by atoms with van der Waals surface area (Å²) in [6.45, 7) is 3.50. The van der Waals surface area contributed by atoms with Crippen molar-refractivity contribution in [2.45, 2.75) is 64.3 Å². The maximum atomic E-state index is 11.9. The zero-order valence-electron chi connectivity index (χ0n) is 18.0. The van der Waals surface area contributed by atoms with E-state index in [4.69, 9.17) is 23.8 Å². The van der Waals surface area contributed by atoms with Crippen molar-refractivity contribution in [3.63, 3.8) is 0 Å². The van der Waals surface area contributed by atoms with Crippen molar-refractivity contribution in [2.24, 2.45) is 0 Å². The minimum Gasteiger partial charge on any atom is -0.463 e. The first-order chi connectivity index (χ1) is 15.7. The number of carbonyl (C=O) groups excluding carboxylic acids is 3. The van der Waals surface area contributed by atoms with Crippen molar-refractivity contribution in [2.75, 3.05) is 12.1 Å². The number of halogens is 1. The lowest BCUT2D eigenvalue weighted by molar-refractivity contribution is -0.166. The standard InChI is InChI=1S/C19H22IN5O8/c1-8(26)29-6-12-14(30-9(2)27)15(31-10(3)28)18(32-12)25-7-21-13-16(24-33-11-4-5-11)22-19(20)23-17(13)25/h7,11-12,14-15,18H,4-6H2,1-3H3,(H,22,23,24)/t12-,14-,15-,18-/m1/s1. The summed E-state index contributed by atoms with van der Waals surface area (Å²) in [7, 11) is 0. The van der Waals surface area contributed by atoms with E-state index in [1.54, 1.807) is 4.57 Å². The molecule has 0 bridgehead atoms. The third kappa shape index (κ3) is 5.50. The fourth-order valence-electron chi connectivity index (χ4n) is 3.39. The number of nitrogens with one attached hydrogen (secondary N) is 1. The van der Waals surface area contributed by atoms with Gasteiger partial charge in [-0.25, -0.2) is 20.4 Å². The van der Waals surface area contributed by atoms with Crippen molar-refractivity contribution in [3.8, 4) is 0 Å². The van der Waals surface area contributed by atoms with Gasteiger partial charge in [-0.2, -0.15) is 0 Å². The number of anilines is 1. The van der Waals surface area contributed by atoms with Gasteiger partial charge >= 0.3 is 17.9 Å². The summed E-state index contributed by atoms with van der Waals surface area (Å²) >= 11 is 1.96. The quantitative estimate of drug-likeness (QED) is 0.159. The number of nitrogens with zero attached hydrogens (tertiary/aromatic N) is 4. The van der Waals surface area contributed by atoms with Gasteiger partial charge in [0.05, 0.1) is 12.4 Å². The summed E-state index contributed by atoms with van der Waals surface area (Å²) in [6, 6.07) is 0. The molecule has 0 radical (unpaired) electrons. The highest BCUT2D eigenvalue weighted by molar-refractivity contribution is 14.1.